The number of primary amides is 1. The minimum absolute atomic E-state index is 0.0177. The molecule has 1 amide bonds. The molecule has 10 heteroatoms. The summed E-state index contributed by atoms with van der Waals surface area (Å²) < 4.78 is 7.08. The molecule has 0 bridgehead atoms. The van der Waals surface area contributed by atoms with Crippen LogP contribution in [0.15, 0.2) is 28.0 Å². The number of esters is 1. The summed E-state index contributed by atoms with van der Waals surface area (Å²) in [5, 5.41) is 6.07. The summed E-state index contributed by atoms with van der Waals surface area (Å²) >= 11 is 0. The third-order valence-corrected chi connectivity index (χ3v) is 3.99. The number of H-pyrrole nitrogens is 1. The number of hydrogen-bond acceptors (Lipinski definition) is 6. The van der Waals surface area contributed by atoms with Crippen molar-refractivity contribution in [1.82, 2.24) is 19.5 Å². The molecule has 10 nitrogen and oxygen atoms in total. The number of nitrogens with one attached hydrogen (secondary N) is 1. The van der Waals surface area contributed by atoms with Gasteiger partial charge in [0.15, 0.2) is 0 Å². The summed E-state index contributed by atoms with van der Waals surface area (Å²) in [5.74, 6) is -1.60. The number of fused-ring (bicyclic) bond motifs is 1. The molecule has 1 aromatic heterocycles. The van der Waals surface area contributed by atoms with Gasteiger partial charge in [-0.3, -0.25) is 19.1 Å². The number of hydrogen-bond donors (Lipinski definition) is 2. The zero-order valence-corrected chi connectivity index (χ0v) is 14.2. The Morgan fingerprint density at radius 1 is 1.23 bits per heavy atom. The van der Waals surface area contributed by atoms with Gasteiger partial charge in [-0.1, -0.05) is 0 Å². The summed E-state index contributed by atoms with van der Waals surface area (Å²) in [6.07, 6.45) is 2.63. The predicted octanol–water partition coefficient (Wildman–Crippen LogP) is -0.348. The van der Waals surface area contributed by atoms with E-state index in [0.717, 1.165) is 4.68 Å². The van der Waals surface area contributed by atoms with Crippen LogP contribution in [0.5, 0.6) is 0 Å². The van der Waals surface area contributed by atoms with Crippen LogP contribution in [0.3, 0.4) is 0 Å². The van der Waals surface area contributed by atoms with Crippen LogP contribution in [0, 0.1) is 13.8 Å². The second kappa shape index (κ2) is 5.99. The highest BCUT2D eigenvalue weighted by Gasteiger charge is 2.24. The van der Waals surface area contributed by atoms with Gasteiger partial charge in [-0.25, -0.2) is 14.6 Å². The Bertz CT molecular complexity index is 1140. The molecule has 2 aliphatic rings. The average molecular weight is 357 g/mol. The number of aryl methyl sites for hydroxylation is 2. The summed E-state index contributed by atoms with van der Waals surface area (Å²) in [5.41, 5.74) is 5.00. The first-order chi connectivity index (χ1) is 12.3. The highest BCUT2D eigenvalue weighted by Crippen LogP contribution is 2.21. The van der Waals surface area contributed by atoms with Crippen LogP contribution < -0.4 is 16.9 Å². The lowest BCUT2D eigenvalue weighted by atomic mass is 10.1. The zero-order chi connectivity index (χ0) is 19.2. The van der Waals surface area contributed by atoms with Crippen LogP contribution in [0.4, 0.5) is 0 Å². The third-order valence-electron chi connectivity index (χ3n) is 3.99. The van der Waals surface area contributed by atoms with E-state index in [4.69, 9.17) is 10.5 Å². The summed E-state index contributed by atoms with van der Waals surface area (Å²) in [6.45, 7) is 3.24. The third kappa shape index (κ3) is 2.48. The molecule has 0 aliphatic carbocycles. The van der Waals surface area contributed by atoms with E-state index >= 15 is 0 Å². The van der Waals surface area contributed by atoms with Crippen molar-refractivity contribution in [3.63, 3.8) is 0 Å². The number of carbonyl (C=O) groups is 2. The predicted molar refractivity (Wildman–Crippen MR) is 90.3 cm³/mol. The van der Waals surface area contributed by atoms with Crippen molar-refractivity contribution in [3.05, 3.63) is 61.6 Å². The average Bonchev–Trinajstić information content (AvgIpc) is 2.94. The monoisotopic (exact) mass is 357 g/mol. The van der Waals surface area contributed by atoms with E-state index in [1.807, 2.05) is 0 Å². The summed E-state index contributed by atoms with van der Waals surface area (Å²) in [7, 11) is 1.19. The van der Waals surface area contributed by atoms with Gasteiger partial charge >= 0.3 is 5.97 Å². The standard InChI is InChI=1S/C16H15N5O5/c1-7-4-8(2)21(15(24)11(7)13(17)22)20-5-9-12(18-19-14(9)23)10(6-20)16(25)26-3/h4-6H,1-3H3,(H2,17,22)(H,19,23). The molecule has 0 saturated heterocycles. The van der Waals surface area contributed by atoms with E-state index < -0.39 is 23.0 Å². The molecule has 0 fully saturated rings. The molecule has 134 valence electrons. The number of aromatic amines is 1. The van der Waals surface area contributed by atoms with Crippen molar-refractivity contribution < 1.29 is 14.3 Å². The Balaban J connectivity index is 2.42. The minimum Gasteiger partial charge on any atom is -0.465 e. The highest BCUT2D eigenvalue weighted by molar-refractivity contribution is 5.96. The molecule has 0 saturated carbocycles. The SMILES string of the molecule is COC(=O)c1cn(-n2c(C)cc(C)c(C(N)=O)c2=O)cc2c(=O)[nH]nc1-2. The number of aromatic nitrogens is 4. The van der Waals surface area contributed by atoms with Gasteiger partial charge in [0, 0.05) is 18.1 Å². The van der Waals surface area contributed by atoms with Gasteiger partial charge in [-0.05, 0) is 25.5 Å². The van der Waals surface area contributed by atoms with Gasteiger partial charge in [-0.2, -0.15) is 5.10 Å². The molecule has 0 spiro atoms. The van der Waals surface area contributed by atoms with E-state index in [2.05, 4.69) is 10.2 Å². The van der Waals surface area contributed by atoms with E-state index in [1.54, 1.807) is 19.9 Å². The molecular weight excluding hydrogens is 342 g/mol. The quantitative estimate of drug-likeness (QED) is 0.614. The lowest BCUT2D eigenvalue weighted by Gasteiger charge is -2.18. The molecule has 1 aromatic rings. The minimum atomic E-state index is -0.871. The molecule has 2 aliphatic heterocycles. The maximum Gasteiger partial charge on any atom is 0.341 e. The molecule has 3 rings (SSSR count). The van der Waals surface area contributed by atoms with E-state index in [1.165, 1.54) is 24.2 Å². The van der Waals surface area contributed by atoms with Gasteiger partial charge in [0.25, 0.3) is 17.0 Å². The smallest absolute Gasteiger partial charge is 0.341 e. The summed E-state index contributed by atoms with van der Waals surface area (Å²) in [4.78, 5) is 48.5. The number of ether oxygens (including phenoxy) is 1. The maximum absolute atomic E-state index is 12.8. The number of carbonyl (C=O) groups excluding carboxylic acids is 2. The molecule has 0 radical (unpaired) electrons. The van der Waals surface area contributed by atoms with E-state index in [9.17, 15) is 19.2 Å². The molecule has 0 atom stereocenters. The van der Waals surface area contributed by atoms with Gasteiger partial charge in [0.1, 0.15) is 16.8 Å². The largest absolute Gasteiger partial charge is 0.465 e. The van der Waals surface area contributed by atoms with Gasteiger partial charge in [-0.15, -0.1) is 0 Å². The van der Waals surface area contributed by atoms with Crippen molar-refractivity contribution in [2.45, 2.75) is 13.8 Å². The molecule has 0 aromatic carbocycles. The van der Waals surface area contributed by atoms with Crippen molar-refractivity contribution in [2.24, 2.45) is 5.73 Å². The van der Waals surface area contributed by atoms with Gasteiger partial charge in [0.2, 0.25) is 0 Å². The first kappa shape index (κ1) is 17.1. The first-order valence-electron chi connectivity index (χ1n) is 7.48. The van der Waals surface area contributed by atoms with Crippen LogP contribution in [-0.2, 0) is 4.74 Å². The lowest BCUT2D eigenvalue weighted by Crippen LogP contribution is -2.35. The number of nitrogens with zero attached hydrogens (tertiary/aromatic N) is 3. The second-order valence-electron chi connectivity index (χ2n) is 5.68. The van der Waals surface area contributed by atoms with Crippen LogP contribution in [0.2, 0.25) is 0 Å². The summed E-state index contributed by atoms with van der Waals surface area (Å²) in [6, 6.07) is 1.60. The van der Waals surface area contributed by atoms with Gasteiger partial charge < -0.3 is 10.5 Å². The molecule has 3 N–H and O–H groups in total. The van der Waals surface area contributed by atoms with E-state index in [-0.39, 0.29) is 22.4 Å². The fraction of sp³-hybridized carbons (Fsp3) is 0.188. The van der Waals surface area contributed by atoms with Crippen molar-refractivity contribution >= 4 is 11.9 Å². The number of rotatable bonds is 3. The Hall–Kier alpha value is -3.69. The molecule has 0 unspecified atom stereocenters. The number of methoxy groups -OCH3 is 1. The van der Waals surface area contributed by atoms with Crippen molar-refractivity contribution in [1.29, 1.82) is 0 Å². The number of amides is 1. The Labute approximate surface area is 146 Å². The highest BCUT2D eigenvalue weighted by atomic mass is 16.5. The van der Waals surface area contributed by atoms with Crippen LogP contribution in [0.25, 0.3) is 11.3 Å². The Morgan fingerprint density at radius 2 is 1.92 bits per heavy atom. The normalized spacial score (nSPS) is 10.9. The zero-order valence-electron chi connectivity index (χ0n) is 14.2. The molecular formula is C16H15N5O5. The molecule has 3 heterocycles. The topological polar surface area (TPSA) is 142 Å². The fourth-order valence-corrected chi connectivity index (χ4v) is 2.87. The van der Waals surface area contributed by atoms with Crippen LogP contribution >= 0.6 is 0 Å². The van der Waals surface area contributed by atoms with Crippen molar-refractivity contribution in [2.75, 3.05) is 7.11 Å². The van der Waals surface area contributed by atoms with E-state index in [0.29, 0.717) is 11.3 Å². The Morgan fingerprint density at radius 3 is 2.54 bits per heavy atom. The number of pyridine rings is 2. The number of nitrogens with two attached hydrogens (primary N) is 1. The fourth-order valence-electron chi connectivity index (χ4n) is 2.87. The first-order valence-corrected chi connectivity index (χ1v) is 7.48. The van der Waals surface area contributed by atoms with Gasteiger partial charge in [0.05, 0.1) is 12.7 Å². The van der Waals surface area contributed by atoms with Crippen LogP contribution in [-0.4, -0.2) is 38.5 Å². The Kier molecular flexibility index (Phi) is 3.95. The molecule has 26 heavy (non-hydrogen) atoms. The maximum atomic E-state index is 12.8. The lowest BCUT2D eigenvalue weighted by molar-refractivity contribution is 0.0599. The van der Waals surface area contributed by atoms with Crippen molar-refractivity contribution in [3.8, 4) is 11.3 Å². The second-order valence-corrected chi connectivity index (χ2v) is 5.68. The van der Waals surface area contributed by atoms with Crippen LogP contribution in [0.1, 0.15) is 32.0 Å².